The largest absolute Gasteiger partial charge is 0.350 e. The van der Waals surface area contributed by atoms with E-state index in [0.717, 1.165) is 25.8 Å². The van der Waals surface area contributed by atoms with Gasteiger partial charge in [0, 0.05) is 37.2 Å². The first-order chi connectivity index (χ1) is 10.6. The number of carbonyl (C=O) groups excluding carboxylic acids is 2. The quantitative estimate of drug-likeness (QED) is 0.859. The van der Waals surface area contributed by atoms with Gasteiger partial charge in [0.05, 0.1) is 0 Å². The summed E-state index contributed by atoms with van der Waals surface area (Å²) in [6, 6.07) is 9.21. The van der Waals surface area contributed by atoms with Gasteiger partial charge in [-0.25, -0.2) is 0 Å². The Morgan fingerprint density at radius 2 is 2.00 bits per heavy atom. The van der Waals surface area contributed by atoms with Gasteiger partial charge in [0.1, 0.15) is 0 Å². The van der Waals surface area contributed by atoms with Crippen molar-refractivity contribution in [3.8, 4) is 0 Å². The van der Waals surface area contributed by atoms with Gasteiger partial charge in [-0.15, -0.1) is 12.4 Å². The number of likely N-dealkylation sites (tertiary alicyclic amines) is 1. The number of hydrogen-bond donors (Lipinski definition) is 2. The average Bonchev–Trinajstić information content (AvgIpc) is 2.59. The lowest BCUT2D eigenvalue weighted by atomic mass is 9.99. The Labute approximate surface area is 144 Å². The van der Waals surface area contributed by atoms with Crippen LogP contribution in [0.15, 0.2) is 30.3 Å². The number of nitrogens with one attached hydrogen (secondary N) is 1. The van der Waals surface area contributed by atoms with Gasteiger partial charge < -0.3 is 16.0 Å². The molecule has 1 fully saturated rings. The zero-order valence-corrected chi connectivity index (χ0v) is 14.3. The third-order valence-corrected chi connectivity index (χ3v) is 4.22. The standard InChI is InChI=1S/C17H25N3O2.ClH/c1-13(11-18)17(22)20-10-6-5-9-15(20)12-19-16(21)14-7-3-2-4-8-14;/h2-4,7-8,13,15H,5-6,9-12,18H2,1H3,(H,19,21);1H. The van der Waals surface area contributed by atoms with Crippen LogP contribution >= 0.6 is 12.4 Å². The van der Waals surface area contributed by atoms with Crippen molar-refractivity contribution in [1.29, 1.82) is 0 Å². The molecular formula is C17H26ClN3O2. The molecule has 1 aliphatic heterocycles. The molecule has 2 unspecified atom stereocenters. The van der Waals surface area contributed by atoms with E-state index in [1.807, 2.05) is 30.0 Å². The number of nitrogens with two attached hydrogens (primary N) is 1. The predicted molar refractivity (Wildman–Crippen MR) is 93.6 cm³/mol. The van der Waals surface area contributed by atoms with Crippen molar-refractivity contribution in [2.24, 2.45) is 11.7 Å². The van der Waals surface area contributed by atoms with Gasteiger partial charge in [0.2, 0.25) is 5.91 Å². The van der Waals surface area contributed by atoms with Crippen LogP contribution in [0.1, 0.15) is 36.5 Å². The number of rotatable bonds is 5. The number of nitrogens with zero attached hydrogens (tertiary/aromatic N) is 1. The first kappa shape index (κ1) is 19.5. The van der Waals surface area contributed by atoms with E-state index in [4.69, 9.17) is 5.73 Å². The number of halogens is 1. The lowest BCUT2D eigenvalue weighted by molar-refractivity contribution is -0.138. The van der Waals surface area contributed by atoms with Crippen molar-refractivity contribution in [3.63, 3.8) is 0 Å². The van der Waals surface area contributed by atoms with E-state index in [1.165, 1.54) is 0 Å². The highest BCUT2D eigenvalue weighted by molar-refractivity contribution is 5.94. The zero-order valence-electron chi connectivity index (χ0n) is 13.5. The van der Waals surface area contributed by atoms with Gasteiger partial charge >= 0.3 is 0 Å². The maximum absolute atomic E-state index is 12.4. The second-order valence-electron chi connectivity index (χ2n) is 5.89. The minimum atomic E-state index is -0.162. The molecular weight excluding hydrogens is 314 g/mol. The van der Waals surface area contributed by atoms with Crippen molar-refractivity contribution in [3.05, 3.63) is 35.9 Å². The highest BCUT2D eigenvalue weighted by Gasteiger charge is 2.29. The van der Waals surface area contributed by atoms with Crippen molar-refractivity contribution >= 4 is 24.2 Å². The summed E-state index contributed by atoms with van der Waals surface area (Å²) in [6.45, 7) is 3.47. The molecule has 2 rings (SSSR count). The number of hydrogen-bond acceptors (Lipinski definition) is 3. The summed E-state index contributed by atoms with van der Waals surface area (Å²) >= 11 is 0. The van der Waals surface area contributed by atoms with Crippen LogP contribution in [0.2, 0.25) is 0 Å². The molecule has 5 nitrogen and oxygen atoms in total. The Balaban J connectivity index is 0.00000264. The van der Waals surface area contributed by atoms with E-state index in [9.17, 15) is 9.59 Å². The van der Waals surface area contributed by atoms with Crippen molar-refractivity contribution in [2.45, 2.75) is 32.2 Å². The van der Waals surface area contributed by atoms with Gasteiger partial charge in [-0.3, -0.25) is 9.59 Å². The first-order valence-electron chi connectivity index (χ1n) is 7.97. The molecule has 2 atom stereocenters. The van der Waals surface area contributed by atoms with Gasteiger partial charge in [0.15, 0.2) is 0 Å². The van der Waals surface area contributed by atoms with Crippen LogP contribution in [0.4, 0.5) is 0 Å². The van der Waals surface area contributed by atoms with Gasteiger partial charge in [-0.2, -0.15) is 0 Å². The van der Waals surface area contributed by atoms with Crippen LogP contribution < -0.4 is 11.1 Å². The van der Waals surface area contributed by atoms with E-state index in [1.54, 1.807) is 12.1 Å². The summed E-state index contributed by atoms with van der Waals surface area (Å²) in [5.41, 5.74) is 6.25. The number of amides is 2. The fourth-order valence-electron chi connectivity index (χ4n) is 2.79. The average molecular weight is 340 g/mol. The highest BCUT2D eigenvalue weighted by Crippen LogP contribution is 2.19. The molecule has 0 aromatic heterocycles. The molecule has 1 heterocycles. The second kappa shape index (κ2) is 9.53. The summed E-state index contributed by atoms with van der Waals surface area (Å²) in [5.74, 6) is -0.156. The summed E-state index contributed by atoms with van der Waals surface area (Å²) in [4.78, 5) is 26.4. The second-order valence-corrected chi connectivity index (χ2v) is 5.89. The molecule has 6 heteroatoms. The summed E-state index contributed by atoms with van der Waals surface area (Å²) in [7, 11) is 0. The van der Waals surface area contributed by atoms with Crippen LogP contribution in [0.5, 0.6) is 0 Å². The van der Waals surface area contributed by atoms with E-state index in [-0.39, 0.29) is 36.2 Å². The molecule has 0 radical (unpaired) electrons. The molecule has 1 aromatic carbocycles. The van der Waals surface area contributed by atoms with E-state index < -0.39 is 0 Å². The third kappa shape index (κ3) is 5.22. The Bertz CT molecular complexity index is 510. The van der Waals surface area contributed by atoms with Gasteiger partial charge in [-0.05, 0) is 31.4 Å². The van der Waals surface area contributed by atoms with E-state index in [0.29, 0.717) is 18.7 Å². The topological polar surface area (TPSA) is 75.4 Å². The SMILES string of the molecule is CC(CN)C(=O)N1CCCCC1CNC(=O)c1ccccc1.Cl. The van der Waals surface area contributed by atoms with Crippen LogP contribution in [0.25, 0.3) is 0 Å². The Kier molecular flexibility index (Phi) is 8.06. The highest BCUT2D eigenvalue weighted by atomic mass is 35.5. The molecule has 1 saturated heterocycles. The Morgan fingerprint density at radius 1 is 1.30 bits per heavy atom. The van der Waals surface area contributed by atoms with Crippen LogP contribution in [0, 0.1) is 5.92 Å². The third-order valence-electron chi connectivity index (χ3n) is 4.22. The molecule has 0 bridgehead atoms. The smallest absolute Gasteiger partial charge is 0.251 e. The molecule has 23 heavy (non-hydrogen) atoms. The molecule has 128 valence electrons. The van der Waals surface area contributed by atoms with Crippen LogP contribution in [0.3, 0.4) is 0 Å². The zero-order chi connectivity index (χ0) is 15.9. The molecule has 1 aliphatic rings. The van der Waals surface area contributed by atoms with E-state index in [2.05, 4.69) is 5.32 Å². The van der Waals surface area contributed by atoms with Crippen molar-refractivity contribution < 1.29 is 9.59 Å². The lowest BCUT2D eigenvalue weighted by Gasteiger charge is -2.37. The molecule has 3 N–H and O–H groups in total. The lowest BCUT2D eigenvalue weighted by Crippen LogP contribution is -2.51. The Morgan fingerprint density at radius 3 is 2.65 bits per heavy atom. The fourth-order valence-corrected chi connectivity index (χ4v) is 2.79. The van der Waals surface area contributed by atoms with Crippen LogP contribution in [-0.4, -0.2) is 42.4 Å². The van der Waals surface area contributed by atoms with Gasteiger partial charge in [0.25, 0.3) is 5.91 Å². The fraction of sp³-hybridized carbons (Fsp3) is 0.529. The van der Waals surface area contributed by atoms with E-state index >= 15 is 0 Å². The summed E-state index contributed by atoms with van der Waals surface area (Å²) in [5, 5.41) is 2.95. The molecule has 0 saturated carbocycles. The van der Waals surface area contributed by atoms with Crippen molar-refractivity contribution in [2.75, 3.05) is 19.6 Å². The molecule has 0 spiro atoms. The maximum Gasteiger partial charge on any atom is 0.251 e. The Hall–Kier alpha value is -1.59. The molecule has 2 amide bonds. The number of piperidine rings is 1. The summed E-state index contributed by atoms with van der Waals surface area (Å²) < 4.78 is 0. The minimum Gasteiger partial charge on any atom is -0.350 e. The van der Waals surface area contributed by atoms with Crippen molar-refractivity contribution in [1.82, 2.24) is 10.2 Å². The first-order valence-corrected chi connectivity index (χ1v) is 7.97. The number of benzene rings is 1. The normalized spacial score (nSPS) is 18.7. The summed E-state index contributed by atoms with van der Waals surface area (Å²) in [6.07, 6.45) is 3.04. The molecule has 0 aliphatic carbocycles. The molecule has 1 aromatic rings. The monoisotopic (exact) mass is 339 g/mol. The maximum atomic E-state index is 12.4. The van der Waals surface area contributed by atoms with Gasteiger partial charge in [-0.1, -0.05) is 25.1 Å². The predicted octanol–water partition coefficient (Wildman–Crippen LogP) is 1.81. The minimum absolute atomic E-state index is 0. The number of carbonyl (C=O) groups is 2. The van der Waals surface area contributed by atoms with Crippen LogP contribution in [-0.2, 0) is 4.79 Å².